The van der Waals surface area contributed by atoms with Crippen molar-refractivity contribution in [1.82, 2.24) is 10.0 Å². The van der Waals surface area contributed by atoms with Crippen LogP contribution in [-0.2, 0) is 14.3 Å². The van der Waals surface area contributed by atoms with Gasteiger partial charge in [0.15, 0.2) is 0 Å². The largest absolute Gasteiger partial charge is 0.466 e. The molecule has 1 saturated heterocycles. The summed E-state index contributed by atoms with van der Waals surface area (Å²) in [5.74, 6) is -0.615. The number of amides is 2. The summed E-state index contributed by atoms with van der Waals surface area (Å²) in [6, 6.07) is 7.06. The molecule has 7 heteroatoms. The summed E-state index contributed by atoms with van der Waals surface area (Å²) < 4.78 is 5.74. The Labute approximate surface area is 149 Å². The number of esters is 1. The summed E-state index contributed by atoms with van der Waals surface area (Å²) in [5.41, 5.74) is 0.546. The highest BCUT2D eigenvalue weighted by atomic mass is 79.9. The van der Waals surface area contributed by atoms with Crippen LogP contribution < -0.4 is 0 Å². The van der Waals surface area contributed by atoms with Crippen molar-refractivity contribution in [3.8, 4) is 0 Å². The molecule has 1 heterocycles. The zero-order valence-electron chi connectivity index (χ0n) is 13.7. The number of carbonyl (C=O) groups excluding carboxylic acids is 3. The fourth-order valence-electron chi connectivity index (χ4n) is 2.57. The molecule has 1 fully saturated rings. The number of hydrogen-bond acceptors (Lipinski definition) is 4. The van der Waals surface area contributed by atoms with Gasteiger partial charge in [0.05, 0.1) is 6.61 Å². The smallest absolute Gasteiger partial charge is 0.305 e. The maximum atomic E-state index is 12.6. The highest BCUT2D eigenvalue weighted by Crippen LogP contribution is 2.18. The quantitative estimate of drug-likeness (QED) is 0.693. The SMILES string of the molecule is CCOC(=O)CCCC(=O)N1CCCN1C(=O)c1ccc(Br)cc1. The van der Waals surface area contributed by atoms with Crippen LogP contribution in [0.3, 0.4) is 0 Å². The Bertz CT molecular complexity index is 603. The first-order chi connectivity index (χ1) is 11.5. The molecule has 0 radical (unpaired) electrons. The summed E-state index contributed by atoms with van der Waals surface area (Å²) in [5, 5.41) is 2.99. The molecule has 0 saturated carbocycles. The predicted octanol–water partition coefficient (Wildman–Crippen LogP) is 2.77. The second-order valence-electron chi connectivity index (χ2n) is 5.46. The molecule has 0 aliphatic carbocycles. The predicted molar refractivity (Wildman–Crippen MR) is 92.0 cm³/mol. The number of hydrazine groups is 1. The van der Waals surface area contributed by atoms with Crippen LogP contribution in [0.4, 0.5) is 0 Å². The van der Waals surface area contributed by atoms with Gasteiger partial charge in [-0.25, -0.2) is 5.01 Å². The highest BCUT2D eigenvalue weighted by Gasteiger charge is 2.30. The zero-order chi connectivity index (χ0) is 17.5. The van der Waals surface area contributed by atoms with Crippen molar-refractivity contribution in [2.45, 2.75) is 32.6 Å². The van der Waals surface area contributed by atoms with Gasteiger partial charge >= 0.3 is 5.97 Å². The highest BCUT2D eigenvalue weighted by molar-refractivity contribution is 9.10. The van der Waals surface area contributed by atoms with Gasteiger partial charge in [0, 0.05) is 36.0 Å². The molecule has 1 aromatic carbocycles. The van der Waals surface area contributed by atoms with Crippen molar-refractivity contribution in [2.24, 2.45) is 0 Å². The van der Waals surface area contributed by atoms with Crippen LogP contribution in [0.1, 0.15) is 43.0 Å². The summed E-state index contributed by atoms with van der Waals surface area (Å²) in [7, 11) is 0. The summed E-state index contributed by atoms with van der Waals surface area (Å²) in [6.07, 6.45) is 1.62. The molecule has 1 aliphatic heterocycles. The third-order valence-corrected chi connectivity index (χ3v) is 4.25. The Morgan fingerprint density at radius 3 is 2.42 bits per heavy atom. The van der Waals surface area contributed by atoms with Gasteiger partial charge < -0.3 is 4.74 Å². The van der Waals surface area contributed by atoms with E-state index in [4.69, 9.17) is 4.74 Å². The van der Waals surface area contributed by atoms with E-state index >= 15 is 0 Å². The molecule has 24 heavy (non-hydrogen) atoms. The molecule has 0 bridgehead atoms. The molecule has 0 spiro atoms. The lowest BCUT2D eigenvalue weighted by atomic mass is 10.2. The topological polar surface area (TPSA) is 66.9 Å². The molecular formula is C17H21BrN2O4. The maximum Gasteiger partial charge on any atom is 0.305 e. The lowest BCUT2D eigenvalue weighted by molar-refractivity contribution is -0.144. The Morgan fingerprint density at radius 2 is 1.75 bits per heavy atom. The monoisotopic (exact) mass is 396 g/mol. The molecule has 0 unspecified atom stereocenters. The van der Waals surface area contributed by atoms with E-state index in [9.17, 15) is 14.4 Å². The molecule has 130 valence electrons. The van der Waals surface area contributed by atoms with Crippen LogP contribution in [0.5, 0.6) is 0 Å². The van der Waals surface area contributed by atoms with E-state index in [2.05, 4.69) is 15.9 Å². The van der Waals surface area contributed by atoms with Crippen LogP contribution in [0.25, 0.3) is 0 Å². The third-order valence-electron chi connectivity index (χ3n) is 3.72. The molecule has 0 N–H and O–H groups in total. The first-order valence-electron chi connectivity index (χ1n) is 8.06. The van der Waals surface area contributed by atoms with Gasteiger partial charge in [-0.2, -0.15) is 0 Å². The number of rotatable bonds is 6. The Balaban J connectivity index is 1.92. The molecule has 1 aromatic rings. The number of ether oxygens (including phenoxy) is 1. The Morgan fingerprint density at radius 1 is 1.08 bits per heavy atom. The van der Waals surface area contributed by atoms with Crippen LogP contribution in [0.2, 0.25) is 0 Å². The first kappa shape index (κ1) is 18.4. The Kier molecular flexibility index (Phi) is 6.78. The summed E-state index contributed by atoms with van der Waals surface area (Å²) in [6.45, 7) is 3.15. The zero-order valence-corrected chi connectivity index (χ0v) is 15.3. The average Bonchev–Trinajstić information content (AvgIpc) is 3.04. The normalized spacial score (nSPS) is 13.9. The van der Waals surface area contributed by atoms with Gasteiger partial charge in [-0.15, -0.1) is 0 Å². The van der Waals surface area contributed by atoms with Crippen molar-refractivity contribution < 1.29 is 19.1 Å². The van der Waals surface area contributed by atoms with Gasteiger partial charge in [0.1, 0.15) is 0 Å². The van der Waals surface area contributed by atoms with E-state index < -0.39 is 0 Å². The van der Waals surface area contributed by atoms with Crippen LogP contribution in [-0.4, -0.2) is 47.5 Å². The van der Waals surface area contributed by atoms with Crippen LogP contribution in [0, 0.1) is 0 Å². The van der Waals surface area contributed by atoms with Gasteiger partial charge in [0.2, 0.25) is 5.91 Å². The summed E-state index contributed by atoms with van der Waals surface area (Å²) >= 11 is 3.34. The molecule has 0 aromatic heterocycles. The molecular weight excluding hydrogens is 376 g/mol. The fourth-order valence-corrected chi connectivity index (χ4v) is 2.83. The van der Waals surface area contributed by atoms with Gasteiger partial charge in [-0.05, 0) is 44.0 Å². The fraction of sp³-hybridized carbons (Fsp3) is 0.471. The lowest BCUT2D eigenvalue weighted by Gasteiger charge is -2.28. The van der Waals surface area contributed by atoms with E-state index in [1.54, 1.807) is 31.2 Å². The standard InChI is InChI=1S/C17H21BrN2O4/c1-2-24-16(22)6-3-5-15(21)19-11-4-12-20(19)17(23)13-7-9-14(18)10-8-13/h7-10H,2-6,11-12H2,1H3. The summed E-state index contributed by atoms with van der Waals surface area (Å²) in [4.78, 5) is 36.3. The van der Waals surface area contributed by atoms with E-state index in [0.29, 0.717) is 31.7 Å². The van der Waals surface area contributed by atoms with Crippen molar-refractivity contribution in [1.29, 1.82) is 0 Å². The average molecular weight is 397 g/mol. The van der Waals surface area contributed by atoms with Crippen molar-refractivity contribution in [3.63, 3.8) is 0 Å². The minimum atomic E-state index is -0.297. The molecule has 1 aliphatic rings. The van der Waals surface area contributed by atoms with E-state index in [0.717, 1.165) is 10.9 Å². The molecule has 2 amide bonds. The van der Waals surface area contributed by atoms with E-state index in [1.807, 2.05) is 0 Å². The number of nitrogens with zero attached hydrogens (tertiary/aromatic N) is 2. The van der Waals surface area contributed by atoms with E-state index in [-0.39, 0.29) is 30.6 Å². The second-order valence-corrected chi connectivity index (χ2v) is 6.38. The number of benzene rings is 1. The van der Waals surface area contributed by atoms with E-state index in [1.165, 1.54) is 10.0 Å². The van der Waals surface area contributed by atoms with Gasteiger partial charge in [-0.3, -0.25) is 19.4 Å². The molecule has 6 nitrogen and oxygen atoms in total. The van der Waals surface area contributed by atoms with Crippen LogP contribution >= 0.6 is 15.9 Å². The van der Waals surface area contributed by atoms with Gasteiger partial charge in [-0.1, -0.05) is 15.9 Å². The number of hydrogen-bond donors (Lipinski definition) is 0. The molecule has 0 atom stereocenters. The second kappa shape index (κ2) is 8.82. The maximum absolute atomic E-state index is 12.6. The minimum Gasteiger partial charge on any atom is -0.466 e. The first-order valence-corrected chi connectivity index (χ1v) is 8.85. The Hall–Kier alpha value is -1.89. The van der Waals surface area contributed by atoms with Crippen LogP contribution in [0.15, 0.2) is 28.7 Å². The number of halogens is 1. The minimum absolute atomic E-state index is 0.137. The van der Waals surface area contributed by atoms with Crippen molar-refractivity contribution in [2.75, 3.05) is 19.7 Å². The van der Waals surface area contributed by atoms with Crippen molar-refractivity contribution >= 4 is 33.7 Å². The lowest BCUT2D eigenvalue weighted by Crippen LogP contribution is -2.44. The third kappa shape index (κ3) is 4.80. The van der Waals surface area contributed by atoms with Gasteiger partial charge in [0.25, 0.3) is 5.91 Å². The number of carbonyl (C=O) groups is 3. The molecule has 2 rings (SSSR count). The van der Waals surface area contributed by atoms with Crippen molar-refractivity contribution in [3.05, 3.63) is 34.3 Å².